The van der Waals surface area contributed by atoms with Crippen LogP contribution < -0.4 is 16.0 Å². The minimum Gasteiger partial charge on any atom is -0.491 e. The number of aromatic nitrogens is 1. The molecule has 3 rings (SSSR count). The van der Waals surface area contributed by atoms with Crippen molar-refractivity contribution in [2.75, 3.05) is 33.5 Å². The molecule has 0 spiro atoms. The number of nitrogens with one attached hydrogen (secondary N) is 1. The van der Waals surface area contributed by atoms with Crippen LogP contribution in [0.2, 0.25) is 0 Å². The zero-order valence-corrected chi connectivity index (χ0v) is 17.5. The number of hydrogen-bond donors (Lipinski definition) is 2. The van der Waals surface area contributed by atoms with Crippen LogP contribution in [-0.4, -0.2) is 56.1 Å². The summed E-state index contributed by atoms with van der Waals surface area (Å²) in [7, 11) is 1.56. The van der Waals surface area contributed by atoms with Crippen LogP contribution in [0.25, 0.3) is 11.1 Å². The number of carbonyl (C=O) groups excluding carboxylic acids is 1. The van der Waals surface area contributed by atoms with Gasteiger partial charge in [-0.2, -0.15) is 13.2 Å². The number of H-pyrrole nitrogens is 1. The lowest BCUT2D eigenvalue weighted by Gasteiger charge is -2.37. The number of aromatic amines is 1. The van der Waals surface area contributed by atoms with Crippen LogP contribution in [0.1, 0.15) is 23.0 Å². The molecule has 2 aromatic rings. The number of rotatable bonds is 7. The molecule has 1 unspecified atom stereocenters. The first-order chi connectivity index (χ1) is 15.0. The molecule has 0 saturated carbocycles. The van der Waals surface area contributed by atoms with E-state index in [9.17, 15) is 22.8 Å². The van der Waals surface area contributed by atoms with E-state index in [4.69, 9.17) is 24.7 Å². The van der Waals surface area contributed by atoms with Gasteiger partial charge in [0.25, 0.3) is 11.5 Å². The molecule has 2 heterocycles. The molecule has 1 aliphatic heterocycles. The van der Waals surface area contributed by atoms with Gasteiger partial charge in [-0.15, -0.1) is 0 Å². The van der Waals surface area contributed by atoms with Crippen LogP contribution in [0.5, 0.6) is 5.75 Å². The average molecular weight is 456 g/mol. The van der Waals surface area contributed by atoms with Crippen molar-refractivity contribution in [2.45, 2.75) is 24.8 Å². The number of methoxy groups -OCH3 is 1. The van der Waals surface area contributed by atoms with Crippen molar-refractivity contribution in [3.05, 3.63) is 51.9 Å². The Hall–Kier alpha value is -2.89. The van der Waals surface area contributed by atoms with Gasteiger partial charge in [-0.25, -0.2) is 0 Å². The summed E-state index contributed by atoms with van der Waals surface area (Å²) in [4.78, 5) is 24.9. The number of halogens is 3. The Morgan fingerprint density at radius 1 is 1.31 bits per heavy atom. The Kier molecular flexibility index (Phi) is 6.91. The zero-order chi connectivity index (χ0) is 23.5. The fourth-order valence-corrected chi connectivity index (χ4v) is 3.42. The Bertz CT molecular complexity index is 1020. The third-order valence-corrected chi connectivity index (χ3v) is 4.80. The van der Waals surface area contributed by atoms with Crippen LogP contribution in [0, 0.1) is 0 Å². The summed E-state index contributed by atoms with van der Waals surface area (Å²) in [6.07, 6.45) is -5.19. The second-order valence-electron chi connectivity index (χ2n) is 7.64. The Labute approximate surface area is 181 Å². The summed E-state index contributed by atoms with van der Waals surface area (Å²) in [5.74, 6) is -0.735. The summed E-state index contributed by atoms with van der Waals surface area (Å²) in [5, 5.41) is 0. The lowest BCUT2D eigenvalue weighted by Crippen LogP contribution is -2.50. The largest absolute Gasteiger partial charge is 0.491 e. The van der Waals surface area contributed by atoms with Crippen LogP contribution in [-0.2, 0) is 20.4 Å². The Morgan fingerprint density at radius 3 is 2.59 bits per heavy atom. The molecule has 3 N–H and O–H groups in total. The van der Waals surface area contributed by atoms with E-state index < -0.39 is 34.5 Å². The quantitative estimate of drug-likeness (QED) is 0.662. The third-order valence-electron chi connectivity index (χ3n) is 4.80. The smallest absolute Gasteiger partial charge is 0.431 e. The number of benzene rings is 1. The second-order valence-corrected chi connectivity index (χ2v) is 7.64. The van der Waals surface area contributed by atoms with E-state index in [1.807, 2.05) is 6.92 Å². The van der Waals surface area contributed by atoms with Crippen LogP contribution >= 0.6 is 0 Å². The van der Waals surface area contributed by atoms with Crippen LogP contribution in [0.3, 0.4) is 0 Å². The van der Waals surface area contributed by atoms with Crippen molar-refractivity contribution >= 4 is 5.91 Å². The highest BCUT2D eigenvalue weighted by Crippen LogP contribution is 2.35. The SMILES string of the molecule is COC[C@]1(C)COCC(COc2ccc(-c3cc(C(N)=O)c(=O)[nH]c3C(F)(F)F)cc2)O1. The highest BCUT2D eigenvalue weighted by atomic mass is 19.4. The number of nitrogens with two attached hydrogens (primary N) is 1. The molecule has 174 valence electrons. The summed E-state index contributed by atoms with van der Waals surface area (Å²) >= 11 is 0. The predicted molar refractivity (Wildman–Crippen MR) is 107 cm³/mol. The molecule has 1 aromatic heterocycles. The van der Waals surface area contributed by atoms with Gasteiger partial charge in [0.05, 0.1) is 19.8 Å². The minimum absolute atomic E-state index is 0.119. The molecule has 1 aromatic carbocycles. The monoisotopic (exact) mass is 456 g/mol. The van der Waals surface area contributed by atoms with Gasteiger partial charge in [0, 0.05) is 12.7 Å². The molecule has 0 radical (unpaired) electrons. The van der Waals surface area contributed by atoms with Crippen molar-refractivity contribution in [3.63, 3.8) is 0 Å². The Morgan fingerprint density at radius 2 is 2.00 bits per heavy atom. The molecule has 1 saturated heterocycles. The molecule has 32 heavy (non-hydrogen) atoms. The van der Waals surface area contributed by atoms with Crippen molar-refractivity contribution in [1.29, 1.82) is 0 Å². The summed E-state index contributed by atoms with van der Waals surface area (Å²) in [6, 6.07) is 6.56. The maximum atomic E-state index is 13.4. The number of primary amides is 1. The number of carbonyl (C=O) groups is 1. The van der Waals surface area contributed by atoms with Crippen molar-refractivity contribution in [3.8, 4) is 16.9 Å². The molecule has 2 atom stereocenters. The van der Waals surface area contributed by atoms with E-state index in [-0.39, 0.29) is 23.8 Å². The van der Waals surface area contributed by atoms with Crippen LogP contribution in [0.4, 0.5) is 13.2 Å². The molecule has 8 nitrogen and oxygen atoms in total. The van der Waals surface area contributed by atoms with Crippen LogP contribution in [0.15, 0.2) is 35.1 Å². The van der Waals surface area contributed by atoms with Gasteiger partial charge in [-0.3, -0.25) is 9.59 Å². The number of pyridine rings is 1. The van der Waals surface area contributed by atoms with Gasteiger partial charge in [0.1, 0.15) is 35.3 Å². The minimum atomic E-state index is -4.84. The van der Waals surface area contributed by atoms with E-state index in [2.05, 4.69) is 0 Å². The molecular formula is C21H23F3N2O6. The van der Waals surface area contributed by atoms with Gasteiger partial charge < -0.3 is 29.7 Å². The van der Waals surface area contributed by atoms with E-state index in [0.29, 0.717) is 25.6 Å². The normalized spacial score (nSPS) is 21.3. The number of alkyl halides is 3. The van der Waals surface area contributed by atoms with Gasteiger partial charge >= 0.3 is 6.18 Å². The fraction of sp³-hybridized carbons (Fsp3) is 0.429. The molecule has 1 fully saturated rings. The maximum Gasteiger partial charge on any atom is 0.431 e. The number of amides is 1. The van der Waals surface area contributed by atoms with Crippen molar-refractivity contribution in [2.24, 2.45) is 5.73 Å². The molecule has 0 aliphatic carbocycles. The van der Waals surface area contributed by atoms with Gasteiger partial charge in [0.15, 0.2) is 0 Å². The van der Waals surface area contributed by atoms with Crippen molar-refractivity contribution < 1.29 is 36.9 Å². The third kappa shape index (κ3) is 5.47. The second kappa shape index (κ2) is 9.31. The number of hydrogen-bond acceptors (Lipinski definition) is 6. The number of ether oxygens (including phenoxy) is 4. The first-order valence-electron chi connectivity index (χ1n) is 9.64. The predicted octanol–water partition coefficient (Wildman–Crippen LogP) is 2.36. The van der Waals surface area contributed by atoms with E-state index in [1.54, 1.807) is 12.1 Å². The molecular weight excluding hydrogens is 433 g/mol. The summed E-state index contributed by atoms with van der Waals surface area (Å²) in [5.41, 5.74) is 1.20. The molecule has 0 bridgehead atoms. The lowest BCUT2D eigenvalue weighted by molar-refractivity contribution is -0.213. The maximum absolute atomic E-state index is 13.4. The fourth-order valence-electron chi connectivity index (χ4n) is 3.42. The first kappa shape index (κ1) is 23.8. The molecule has 1 aliphatic rings. The van der Waals surface area contributed by atoms with Gasteiger partial charge in [0.2, 0.25) is 0 Å². The van der Waals surface area contributed by atoms with E-state index in [0.717, 1.165) is 6.07 Å². The van der Waals surface area contributed by atoms with E-state index >= 15 is 0 Å². The first-order valence-corrected chi connectivity index (χ1v) is 9.64. The zero-order valence-electron chi connectivity index (χ0n) is 17.5. The standard InChI is InChI=1S/C21H23F3N2O6/c1-20(10-29-2)11-30-8-14(32-20)9-31-13-5-3-12(4-6-13)15-7-16(18(25)27)19(28)26-17(15)21(22,23)24/h3-7,14H,8-11H2,1-2H3,(H2,25,27)(H,26,28)/t14?,20-/m1/s1. The van der Waals surface area contributed by atoms with Gasteiger partial charge in [-0.1, -0.05) is 12.1 Å². The highest BCUT2D eigenvalue weighted by Gasteiger charge is 2.36. The molecule has 1 amide bonds. The topological polar surface area (TPSA) is 113 Å². The average Bonchev–Trinajstić information content (AvgIpc) is 2.71. The van der Waals surface area contributed by atoms with Gasteiger partial charge in [-0.05, 0) is 30.7 Å². The summed E-state index contributed by atoms with van der Waals surface area (Å²) < 4.78 is 62.6. The summed E-state index contributed by atoms with van der Waals surface area (Å²) in [6.45, 7) is 3.10. The van der Waals surface area contributed by atoms with Crippen molar-refractivity contribution in [1.82, 2.24) is 4.98 Å². The Balaban J connectivity index is 1.78. The highest BCUT2D eigenvalue weighted by molar-refractivity contribution is 5.94. The molecule has 11 heteroatoms. The van der Waals surface area contributed by atoms with E-state index in [1.165, 1.54) is 24.3 Å². The lowest BCUT2D eigenvalue weighted by atomic mass is 10.0.